The third kappa shape index (κ3) is 3.28. The van der Waals surface area contributed by atoms with Crippen LogP contribution in [0, 0.1) is 13.8 Å². The van der Waals surface area contributed by atoms with Crippen LogP contribution in [0.3, 0.4) is 0 Å². The van der Waals surface area contributed by atoms with Crippen LogP contribution in [0.2, 0.25) is 0 Å². The number of anilines is 1. The number of nitrogen functional groups attached to an aromatic ring is 1. The standard InChI is InChI=1S/C17H21N7OS2/c1-9-10(2)20-21-16-13(9)14(18)15(26-16)17(25)24-5-4-11(7-24)22-27-12-6-19-8-23(12)3/h6,8,11,22H,4-5,7,18H2,1-3H3. The normalized spacial score (nSPS) is 17.1. The summed E-state index contributed by atoms with van der Waals surface area (Å²) in [7, 11) is 1.96. The summed E-state index contributed by atoms with van der Waals surface area (Å²) >= 11 is 2.87. The highest BCUT2D eigenvalue weighted by Gasteiger charge is 2.30. The number of aromatic nitrogens is 4. The van der Waals surface area contributed by atoms with Crippen LogP contribution in [-0.2, 0) is 7.05 Å². The highest BCUT2D eigenvalue weighted by molar-refractivity contribution is 7.97. The summed E-state index contributed by atoms with van der Waals surface area (Å²) in [6, 6.07) is 0.230. The van der Waals surface area contributed by atoms with Crippen LogP contribution in [0.5, 0.6) is 0 Å². The molecular weight excluding hydrogens is 382 g/mol. The zero-order chi connectivity index (χ0) is 19.1. The summed E-state index contributed by atoms with van der Waals surface area (Å²) in [5.74, 6) is -0.0256. The second-order valence-electron chi connectivity index (χ2n) is 6.73. The molecule has 1 fully saturated rings. The van der Waals surface area contributed by atoms with Gasteiger partial charge in [-0.25, -0.2) is 4.98 Å². The highest BCUT2D eigenvalue weighted by atomic mass is 32.2. The molecule has 1 unspecified atom stereocenters. The summed E-state index contributed by atoms with van der Waals surface area (Å²) < 4.78 is 5.39. The van der Waals surface area contributed by atoms with Crippen LogP contribution < -0.4 is 10.5 Å². The highest BCUT2D eigenvalue weighted by Crippen LogP contribution is 2.36. The molecule has 0 bridgehead atoms. The fourth-order valence-electron chi connectivity index (χ4n) is 3.17. The van der Waals surface area contributed by atoms with Crippen LogP contribution in [-0.4, -0.2) is 49.7 Å². The lowest BCUT2D eigenvalue weighted by molar-refractivity contribution is 0.0796. The lowest BCUT2D eigenvalue weighted by Crippen LogP contribution is -2.32. The van der Waals surface area contributed by atoms with Gasteiger partial charge in [-0.1, -0.05) is 0 Å². The number of aryl methyl sites for hydroxylation is 3. The van der Waals surface area contributed by atoms with Crippen LogP contribution in [0.1, 0.15) is 27.3 Å². The van der Waals surface area contributed by atoms with Gasteiger partial charge in [-0.05, 0) is 37.8 Å². The fourth-order valence-corrected chi connectivity index (χ4v) is 5.02. The van der Waals surface area contributed by atoms with Crippen molar-refractivity contribution in [2.45, 2.75) is 31.3 Å². The molecule has 0 aromatic carbocycles. The SMILES string of the molecule is Cc1nnc2sc(C(=O)N3CCC(NSc4cncn4C)C3)c(N)c2c1C. The molecule has 4 heterocycles. The molecule has 10 heteroatoms. The molecule has 1 amide bonds. The predicted octanol–water partition coefficient (Wildman–Crippen LogP) is 2.14. The molecule has 1 aliphatic rings. The van der Waals surface area contributed by atoms with E-state index in [4.69, 9.17) is 5.73 Å². The Morgan fingerprint density at radius 3 is 2.96 bits per heavy atom. The maximum Gasteiger partial charge on any atom is 0.266 e. The number of thiophene rings is 1. The predicted molar refractivity (Wildman–Crippen MR) is 108 cm³/mol. The number of hydrogen-bond donors (Lipinski definition) is 2. The van der Waals surface area contributed by atoms with Crippen molar-refractivity contribution in [1.82, 2.24) is 29.4 Å². The molecule has 3 aromatic heterocycles. The van der Waals surface area contributed by atoms with Gasteiger partial charge in [-0.2, -0.15) is 5.10 Å². The maximum absolute atomic E-state index is 13.0. The molecule has 3 aromatic rings. The molecule has 142 valence electrons. The number of fused-ring (bicyclic) bond motifs is 1. The quantitative estimate of drug-likeness (QED) is 0.644. The second-order valence-corrected chi connectivity index (χ2v) is 8.59. The molecule has 8 nitrogen and oxygen atoms in total. The van der Waals surface area contributed by atoms with Gasteiger partial charge >= 0.3 is 0 Å². The van der Waals surface area contributed by atoms with Gasteiger partial charge in [0.15, 0.2) is 0 Å². The number of carbonyl (C=O) groups excluding carboxylic acids is 1. The smallest absolute Gasteiger partial charge is 0.266 e. The molecule has 27 heavy (non-hydrogen) atoms. The molecule has 4 rings (SSSR count). The van der Waals surface area contributed by atoms with E-state index in [1.54, 1.807) is 18.3 Å². The summed E-state index contributed by atoms with van der Waals surface area (Å²) in [6.07, 6.45) is 4.49. The van der Waals surface area contributed by atoms with E-state index < -0.39 is 0 Å². The van der Waals surface area contributed by atoms with E-state index in [2.05, 4.69) is 19.9 Å². The molecule has 0 spiro atoms. The first-order valence-corrected chi connectivity index (χ1v) is 10.3. The van der Waals surface area contributed by atoms with Crippen molar-refractivity contribution in [3.8, 4) is 0 Å². The minimum Gasteiger partial charge on any atom is -0.397 e. The number of hydrogen-bond acceptors (Lipinski definition) is 8. The molecule has 0 aliphatic carbocycles. The van der Waals surface area contributed by atoms with Gasteiger partial charge in [0.25, 0.3) is 5.91 Å². The van der Waals surface area contributed by atoms with Crippen molar-refractivity contribution in [3.63, 3.8) is 0 Å². The fraction of sp³-hybridized carbons (Fsp3) is 0.412. The van der Waals surface area contributed by atoms with E-state index >= 15 is 0 Å². The van der Waals surface area contributed by atoms with Crippen molar-refractivity contribution in [2.75, 3.05) is 18.8 Å². The van der Waals surface area contributed by atoms with Gasteiger partial charge in [0, 0.05) is 31.6 Å². The van der Waals surface area contributed by atoms with Crippen LogP contribution in [0.25, 0.3) is 10.2 Å². The zero-order valence-electron chi connectivity index (χ0n) is 15.4. The Kier molecular flexibility index (Phi) is 4.79. The van der Waals surface area contributed by atoms with Gasteiger partial charge in [0.2, 0.25) is 0 Å². The molecule has 3 N–H and O–H groups in total. The van der Waals surface area contributed by atoms with Crippen molar-refractivity contribution < 1.29 is 4.79 Å². The average Bonchev–Trinajstić information content (AvgIpc) is 3.35. The Labute approximate surface area is 165 Å². The topological polar surface area (TPSA) is 102 Å². The first-order chi connectivity index (χ1) is 13.0. The minimum absolute atomic E-state index is 0.0256. The van der Waals surface area contributed by atoms with Crippen molar-refractivity contribution >= 4 is 45.1 Å². The summed E-state index contributed by atoms with van der Waals surface area (Å²) in [4.78, 5) is 20.3. The van der Waals surface area contributed by atoms with Crippen molar-refractivity contribution in [2.24, 2.45) is 7.05 Å². The summed E-state index contributed by atoms with van der Waals surface area (Å²) in [5, 5.41) is 10.3. The Balaban J connectivity index is 1.47. The van der Waals surface area contributed by atoms with E-state index in [1.165, 1.54) is 11.3 Å². The monoisotopic (exact) mass is 403 g/mol. The number of amides is 1. The molecular formula is C17H21N7OS2. The summed E-state index contributed by atoms with van der Waals surface area (Å²) in [5.41, 5.74) is 8.67. The average molecular weight is 404 g/mol. The number of nitrogens with one attached hydrogen (secondary N) is 1. The largest absolute Gasteiger partial charge is 0.397 e. The van der Waals surface area contributed by atoms with E-state index in [9.17, 15) is 4.79 Å². The van der Waals surface area contributed by atoms with Crippen LogP contribution >= 0.6 is 23.3 Å². The van der Waals surface area contributed by atoms with Gasteiger partial charge < -0.3 is 15.2 Å². The lowest BCUT2D eigenvalue weighted by Gasteiger charge is -2.16. The van der Waals surface area contributed by atoms with Crippen LogP contribution in [0.15, 0.2) is 17.6 Å². The third-order valence-corrected chi connectivity index (χ3v) is 7.04. The number of rotatable bonds is 4. The van der Waals surface area contributed by atoms with E-state index in [0.717, 1.165) is 32.9 Å². The van der Waals surface area contributed by atoms with E-state index in [-0.39, 0.29) is 11.9 Å². The minimum atomic E-state index is -0.0256. The Bertz CT molecular complexity index is 1010. The zero-order valence-corrected chi connectivity index (χ0v) is 17.0. The number of likely N-dealkylation sites (tertiary alicyclic amines) is 1. The maximum atomic E-state index is 13.0. The second kappa shape index (κ2) is 7.10. The van der Waals surface area contributed by atoms with Gasteiger partial charge in [0.05, 0.1) is 23.9 Å². The molecule has 0 radical (unpaired) electrons. The van der Waals surface area contributed by atoms with Crippen molar-refractivity contribution in [1.29, 1.82) is 0 Å². The first-order valence-electron chi connectivity index (χ1n) is 8.65. The van der Waals surface area contributed by atoms with E-state index in [1.807, 2.05) is 36.6 Å². The van der Waals surface area contributed by atoms with E-state index in [0.29, 0.717) is 23.7 Å². The molecule has 1 saturated heterocycles. The lowest BCUT2D eigenvalue weighted by atomic mass is 10.1. The van der Waals surface area contributed by atoms with Gasteiger partial charge in [-0.3, -0.25) is 9.52 Å². The van der Waals surface area contributed by atoms with Crippen molar-refractivity contribution in [3.05, 3.63) is 28.7 Å². The number of carbonyl (C=O) groups is 1. The molecule has 1 aliphatic heterocycles. The van der Waals surface area contributed by atoms with Gasteiger partial charge in [0.1, 0.15) is 14.7 Å². The number of nitrogens with zero attached hydrogens (tertiary/aromatic N) is 5. The van der Waals surface area contributed by atoms with Gasteiger partial charge in [-0.15, -0.1) is 16.4 Å². The third-order valence-electron chi connectivity index (χ3n) is 4.91. The Hall–Kier alpha value is -2.17. The van der Waals surface area contributed by atoms with Crippen LogP contribution in [0.4, 0.5) is 5.69 Å². The number of nitrogens with two attached hydrogens (primary N) is 1. The summed E-state index contributed by atoms with van der Waals surface area (Å²) in [6.45, 7) is 5.23. The first kappa shape index (κ1) is 18.2. The molecule has 0 saturated carbocycles. The Morgan fingerprint density at radius 2 is 2.22 bits per heavy atom. The Morgan fingerprint density at radius 1 is 1.41 bits per heavy atom. The molecule has 1 atom stereocenters. The number of imidazole rings is 1.